The Kier molecular flexibility index (Phi) is 5.26. The lowest BCUT2D eigenvalue weighted by atomic mass is 10.0. The summed E-state index contributed by atoms with van der Waals surface area (Å²) in [6.07, 6.45) is 2.33. The summed E-state index contributed by atoms with van der Waals surface area (Å²) in [7, 11) is 1.67. The Morgan fingerprint density at radius 1 is 1.36 bits per heavy atom. The molecule has 6 nitrogen and oxygen atoms in total. The topological polar surface area (TPSA) is 70.2 Å². The van der Waals surface area contributed by atoms with Crippen molar-refractivity contribution in [2.45, 2.75) is 39.2 Å². The molecule has 134 valence electrons. The summed E-state index contributed by atoms with van der Waals surface area (Å²) >= 11 is 0. The first-order chi connectivity index (χ1) is 12.1. The van der Waals surface area contributed by atoms with Gasteiger partial charge in [0.2, 0.25) is 5.91 Å². The van der Waals surface area contributed by atoms with Gasteiger partial charge in [-0.25, -0.2) is 0 Å². The lowest BCUT2D eigenvalue weighted by molar-refractivity contribution is -0.131. The highest BCUT2D eigenvalue weighted by Crippen LogP contribution is 2.21. The Morgan fingerprint density at radius 3 is 2.76 bits per heavy atom. The van der Waals surface area contributed by atoms with Crippen molar-refractivity contribution in [3.05, 3.63) is 41.2 Å². The van der Waals surface area contributed by atoms with E-state index >= 15 is 0 Å². The number of amides is 1. The largest absolute Gasteiger partial charge is 0.497 e. The van der Waals surface area contributed by atoms with Gasteiger partial charge in [-0.3, -0.25) is 9.89 Å². The maximum Gasteiger partial charge on any atom is 0.227 e. The highest BCUT2D eigenvalue weighted by molar-refractivity contribution is 5.79. The Bertz CT molecular complexity index is 713. The molecule has 1 aliphatic rings. The zero-order valence-electron chi connectivity index (χ0n) is 15.1. The quantitative estimate of drug-likeness (QED) is 0.876. The number of nitrogens with one attached hydrogen (secondary N) is 2. The highest BCUT2D eigenvalue weighted by Gasteiger charge is 2.24. The molecule has 1 fully saturated rings. The number of aromatic amines is 1. The van der Waals surface area contributed by atoms with Gasteiger partial charge in [0.05, 0.1) is 19.2 Å². The number of methoxy groups -OCH3 is 1. The van der Waals surface area contributed by atoms with Crippen LogP contribution in [0.5, 0.6) is 5.75 Å². The van der Waals surface area contributed by atoms with Crippen molar-refractivity contribution in [2.24, 2.45) is 0 Å². The number of ether oxygens (including phenoxy) is 1. The SMILES string of the molecule is COc1cccc(NC2CCN(C(=O)Cc3c(C)n[nH]c3C)CC2)c1. The number of carbonyl (C=O) groups is 1. The summed E-state index contributed by atoms with van der Waals surface area (Å²) in [6, 6.07) is 8.35. The van der Waals surface area contributed by atoms with Crippen LogP contribution in [0.4, 0.5) is 5.69 Å². The number of likely N-dealkylation sites (tertiary alicyclic amines) is 1. The Hall–Kier alpha value is -2.50. The van der Waals surface area contributed by atoms with Crippen LogP contribution >= 0.6 is 0 Å². The number of benzene rings is 1. The van der Waals surface area contributed by atoms with E-state index in [1.54, 1.807) is 7.11 Å². The number of hydrogen-bond donors (Lipinski definition) is 2. The molecule has 25 heavy (non-hydrogen) atoms. The van der Waals surface area contributed by atoms with Crippen LogP contribution in [-0.2, 0) is 11.2 Å². The summed E-state index contributed by atoms with van der Waals surface area (Å²) in [6.45, 7) is 5.48. The van der Waals surface area contributed by atoms with Crippen molar-refractivity contribution in [3.63, 3.8) is 0 Å². The first-order valence-electron chi connectivity index (χ1n) is 8.75. The average molecular weight is 342 g/mol. The maximum atomic E-state index is 12.6. The Labute approximate surface area is 148 Å². The molecule has 1 saturated heterocycles. The zero-order valence-corrected chi connectivity index (χ0v) is 15.1. The van der Waals surface area contributed by atoms with Gasteiger partial charge < -0.3 is 15.0 Å². The number of nitrogens with zero attached hydrogens (tertiary/aromatic N) is 2. The first-order valence-corrected chi connectivity index (χ1v) is 8.75. The summed E-state index contributed by atoms with van der Waals surface area (Å²) in [5.74, 6) is 1.04. The number of piperidine rings is 1. The molecule has 0 aliphatic carbocycles. The van der Waals surface area contributed by atoms with E-state index in [1.807, 2.05) is 43.0 Å². The third kappa shape index (κ3) is 4.13. The van der Waals surface area contributed by atoms with E-state index in [-0.39, 0.29) is 5.91 Å². The molecule has 1 aromatic carbocycles. The van der Waals surface area contributed by atoms with Crippen LogP contribution in [-0.4, -0.2) is 47.2 Å². The van der Waals surface area contributed by atoms with Crippen LogP contribution in [0.2, 0.25) is 0 Å². The Balaban J connectivity index is 1.52. The van der Waals surface area contributed by atoms with Gasteiger partial charge in [-0.2, -0.15) is 5.10 Å². The van der Waals surface area contributed by atoms with Crippen LogP contribution in [0.25, 0.3) is 0 Å². The molecule has 0 spiro atoms. The van der Waals surface area contributed by atoms with Gasteiger partial charge in [-0.15, -0.1) is 0 Å². The molecule has 1 amide bonds. The van der Waals surface area contributed by atoms with Gasteiger partial charge in [-0.1, -0.05) is 6.07 Å². The van der Waals surface area contributed by atoms with Crippen molar-refractivity contribution >= 4 is 11.6 Å². The third-order valence-electron chi connectivity index (χ3n) is 4.90. The normalized spacial score (nSPS) is 15.2. The minimum Gasteiger partial charge on any atom is -0.497 e. The molecule has 3 rings (SSSR count). The number of rotatable bonds is 5. The average Bonchev–Trinajstić information content (AvgIpc) is 2.94. The molecular weight excluding hydrogens is 316 g/mol. The van der Waals surface area contributed by atoms with Crippen molar-refractivity contribution in [2.75, 3.05) is 25.5 Å². The van der Waals surface area contributed by atoms with E-state index in [0.29, 0.717) is 12.5 Å². The molecule has 0 unspecified atom stereocenters. The summed E-state index contributed by atoms with van der Waals surface area (Å²) in [5.41, 5.74) is 4.00. The van der Waals surface area contributed by atoms with Crippen molar-refractivity contribution < 1.29 is 9.53 Å². The molecule has 0 radical (unpaired) electrons. The molecule has 0 atom stereocenters. The van der Waals surface area contributed by atoms with Gasteiger partial charge in [0.15, 0.2) is 0 Å². The fourth-order valence-corrected chi connectivity index (χ4v) is 3.32. The van der Waals surface area contributed by atoms with Gasteiger partial charge in [0, 0.05) is 42.1 Å². The number of hydrogen-bond acceptors (Lipinski definition) is 4. The molecular formula is C19H26N4O2. The highest BCUT2D eigenvalue weighted by atomic mass is 16.5. The van der Waals surface area contributed by atoms with Gasteiger partial charge in [0.1, 0.15) is 5.75 Å². The minimum atomic E-state index is 0.187. The lowest BCUT2D eigenvalue weighted by Crippen LogP contribution is -2.43. The molecule has 0 saturated carbocycles. The monoisotopic (exact) mass is 342 g/mol. The van der Waals surface area contributed by atoms with E-state index in [0.717, 1.165) is 54.3 Å². The minimum absolute atomic E-state index is 0.187. The van der Waals surface area contributed by atoms with Crippen molar-refractivity contribution in [1.29, 1.82) is 0 Å². The van der Waals surface area contributed by atoms with Crippen LogP contribution in [0.15, 0.2) is 24.3 Å². The predicted octanol–water partition coefficient (Wildman–Crippen LogP) is 2.68. The number of H-pyrrole nitrogens is 1. The lowest BCUT2D eigenvalue weighted by Gasteiger charge is -2.33. The summed E-state index contributed by atoms with van der Waals surface area (Å²) in [5, 5.41) is 10.7. The maximum absolute atomic E-state index is 12.6. The number of aryl methyl sites for hydroxylation is 2. The second-order valence-electron chi connectivity index (χ2n) is 6.62. The van der Waals surface area contributed by atoms with Crippen LogP contribution in [0, 0.1) is 13.8 Å². The van der Waals surface area contributed by atoms with E-state index in [4.69, 9.17) is 4.74 Å². The van der Waals surface area contributed by atoms with E-state index in [1.165, 1.54) is 0 Å². The summed E-state index contributed by atoms with van der Waals surface area (Å²) < 4.78 is 5.26. The molecule has 2 aromatic rings. The van der Waals surface area contributed by atoms with Crippen LogP contribution in [0.3, 0.4) is 0 Å². The smallest absolute Gasteiger partial charge is 0.227 e. The second-order valence-corrected chi connectivity index (χ2v) is 6.62. The standard InChI is InChI=1S/C19H26N4O2/c1-13-18(14(2)22-21-13)12-19(24)23-9-7-15(8-10-23)20-16-5-4-6-17(11-16)25-3/h4-6,11,15,20H,7-10,12H2,1-3H3,(H,21,22). The fraction of sp³-hybridized carbons (Fsp3) is 0.474. The molecule has 2 heterocycles. The van der Waals surface area contributed by atoms with Gasteiger partial charge in [-0.05, 0) is 38.8 Å². The summed E-state index contributed by atoms with van der Waals surface area (Å²) in [4.78, 5) is 14.5. The second kappa shape index (κ2) is 7.59. The molecule has 0 bridgehead atoms. The van der Waals surface area contributed by atoms with Gasteiger partial charge >= 0.3 is 0 Å². The van der Waals surface area contributed by atoms with E-state index < -0.39 is 0 Å². The van der Waals surface area contributed by atoms with E-state index in [9.17, 15) is 4.79 Å². The molecule has 1 aliphatic heterocycles. The van der Waals surface area contributed by atoms with E-state index in [2.05, 4.69) is 15.5 Å². The third-order valence-corrected chi connectivity index (χ3v) is 4.90. The predicted molar refractivity (Wildman–Crippen MR) is 98.0 cm³/mol. The molecule has 2 N–H and O–H groups in total. The molecule has 6 heteroatoms. The zero-order chi connectivity index (χ0) is 17.8. The first kappa shape index (κ1) is 17.3. The van der Waals surface area contributed by atoms with Gasteiger partial charge in [0.25, 0.3) is 0 Å². The van der Waals surface area contributed by atoms with Crippen molar-refractivity contribution in [3.8, 4) is 5.75 Å². The molecule has 1 aromatic heterocycles. The fourth-order valence-electron chi connectivity index (χ4n) is 3.32. The van der Waals surface area contributed by atoms with Crippen molar-refractivity contribution in [1.82, 2.24) is 15.1 Å². The number of aromatic nitrogens is 2. The van der Waals surface area contributed by atoms with Crippen LogP contribution in [0.1, 0.15) is 29.8 Å². The number of anilines is 1. The Morgan fingerprint density at radius 2 is 2.12 bits per heavy atom. The van der Waals surface area contributed by atoms with Crippen LogP contribution < -0.4 is 10.1 Å². The number of carbonyl (C=O) groups excluding carboxylic acids is 1.